The first-order chi connectivity index (χ1) is 4.34. The number of thiocarbonyl (C=S) groups is 1. The summed E-state index contributed by atoms with van der Waals surface area (Å²) in [5.74, 6) is 0. The average Bonchev–Trinajstić information content (AvgIpc) is 2.37. The summed E-state index contributed by atoms with van der Waals surface area (Å²) in [5.41, 5.74) is 0. The van der Waals surface area contributed by atoms with Crippen LogP contribution in [0, 0.1) is 0 Å². The maximum atomic E-state index is 5.03. The summed E-state index contributed by atoms with van der Waals surface area (Å²) >= 11 is 5.03. The van der Waals surface area contributed by atoms with Crippen molar-refractivity contribution >= 4 is 17.3 Å². The van der Waals surface area contributed by atoms with Gasteiger partial charge in [-0.15, -0.1) is 0 Å². The molecule has 1 rings (SSSR count). The highest BCUT2D eigenvalue weighted by Gasteiger charge is 2.12. The molecule has 1 aliphatic rings. The Kier molecular flexibility index (Phi) is 2.28. The van der Waals surface area contributed by atoms with Crippen molar-refractivity contribution in [1.82, 2.24) is 10.2 Å². The van der Waals surface area contributed by atoms with Gasteiger partial charge in [0, 0.05) is 20.1 Å². The molecule has 0 aromatic heterocycles. The van der Waals surface area contributed by atoms with E-state index < -0.39 is 0 Å². The van der Waals surface area contributed by atoms with Crippen LogP contribution >= 0.6 is 12.2 Å². The molecule has 1 fully saturated rings. The molecule has 1 saturated heterocycles. The van der Waals surface area contributed by atoms with Crippen molar-refractivity contribution in [3.63, 3.8) is 0 Å². The van der Waals surface area contributed by atoms with Gasteiger partial charge in [-0.05, 0) is 25.1 Å². The molecular formula is C6H12N2S. The van der Waals surface area contributed by atoms with Gasteiger partial charge in [-0.2, -0.15) is 0 Å². The minimum atomic E-state index is 0.896. The second-order valence-corrected chi connectivity index (χ2v) is 2.64. The zero-order valence-electron chi connectivity index (χ0n) is 5.68. The van der Waals surface area contributed by atoms with Crippen molar-refractivity contribution in [2.45, 2.75) is 12.8 Å². The fourth-order valence-corrected chi connectivity index (χ4v) is 1.26. The molecule has 52 valence electrons. The Labute approximate surface area is 61.2 Å². The molecule has 0 aliphatic carbocycles. The van der Waals surface area contributed by atoms with E-state index >= 15 is 0 Å². The van der Waals surface area contributed by atoms with Crippen LogP contribution in [0.15, 0.2) is 0 Å². The van der Waals surface area contributed by atoms with E-state index in [0.717, 1.165) is 18.2 Å². The molecule has 0 amide bonds. The van der Waals surface area contributed by atoms with Crippen LogP contribution in [-0.2, 0) is 0 Å². The van der Waals surface area contributed by atoms with E-state index in [1.807, 2.05) is 7.05 Å². The minimum absolute atomic E-state index is 0.896. The normalized spacial score (nSPS) is 18.1. The van der Waals surface area contributed by atoms with Crippen molar-refractivity contribution in [2.75, 3.05) is 20.1 Å². The first kappa shape index (κ1) is 6.81. The highest BCUT2D eigenvalue weighted by molar-refractivity contribution is 7.80. The lowest BCUT2D eigenvalue weighted by Gasteiger charge is -2.16. The molecule has 2 nitrogen and oxygen atoms in total. The largest absolute Gasteiger partial charge is 0.366 e. The van der Waals surface area contributed by atoms with Crippen LogP contribution in [0.3, 0.4) is 0 Å². The minimum Gasteiger partial charge on any atom is -0.366 e. The predicted molar refractivity (Wildman–Crippen MR) is 42.5 cm³/mol. The van der Waals surface area contributed by atoms with Gasteiger partial charge in [0.25, 0.3) is 0 Å². The van der Waals surface area contributed by atoms with Gasteiger partial charge >= 0.3 is 0 Å². The second-order valence-electron chi connectivity index (χ2n) is 2.25. The molecule has 0 radical (unpaired) electrons. The van der Waals surface area contributed by atoms with Crippen LogP contribution in [0.2, 0.25) is 0 Å². The third-order valence-corrected chi connectivity index (χ3v) is 2.07. The quantitative estimate of drug-likeness (QED) is 0.501. The number of likely N-dealkylation sites (tertiary alicyclic amines) is 1. The van der Waals surface area contributed by atoms with Crippen LogP contribution in [0.1, 0.15) is 12.8 Å². The molecule has 1 heterocycles. The Morgan fingerprint density at radius 1 is 1.44 bits per heavy atom. The summed E-state index contributed by atoms with van der Waals surface area (Å²) in [6.45, 7) is 2.28. The van der Waals surface area contributed by atoms with Crippen LogP contribution in [-0.4, -0.2) is 30.1 Å². The SMILES string of the molecule is CNC(=S)N1CCCC1. The Balaban J connectivity index is 2.32. The van der Waals surface area contributed by atoms with Gasteiger partial charge in [0.05, 0.1) is 0 Å². The van der Waals surface area contributed by atoms with Gasteiger partial charge < -0.3 is 10.2 Å². The lowest BCUT2D eigenvalue weighted by molar-refractivity contribution is 0.513. The Bertz CT molecular complexity index is 108. The average molecular weight is 144 g/mol. The zero-order chi connectivity index (χ0) is 6.69. The van der Waals surface area contributed by atoms with E-state index in [1.54, 1.807) is 0 Å². The van der Waals surface area contributed by atoms with Crippen molar-refractivity contribution < 1.29 is 0 Å². The van der Waals surface area contributed by atoms with Crippen LogP contribution < -0.4 is 5.32 Å². The molecule has 9 heavy (non-hydrogen) atoms. The Morgan fingerprint density at radius 2 is 2.00 bits per heavy atom. The van der Waals surface area contributed by atoms with Crippen molar-refractivity contribution in [2.24, 2.45) is 0 Å². The number of hydrogen-bond donors (Lipinski definition) is 1. The van der Waals surface area contributed by atoms with E-state index in [1.165, 1.54) is 12.8 Å². The number of rotatable bonds is 0. The maximum Gasteiger partial charge on any atom is 0.168 e. The summed E-state index contributed by atoms with van der Waals surface area (Å²) in [5, 5.41) is 3.86. The molecule has 0 aromatic rings. The van der Waals surface area contributed by atoms with Gasteiger partial charge in [-0.25, -0.2) is 0 Å². The smallest absolute Gasteiger partial charge is 0.168 e. The molecule has 3 heteroatoms. The molecule has 0 saturated carbocycles. The monoisotopic (exact) mass is 144 g/mol. The second kappa shape index (κ2) is 3.01. The fourth-order valence-electron chi connectivity index (χ4n) is 1.08. The Morgan fingerprint density at radius 3 is 2.44 bits per heavy atom. The number of hydrogen-bond acceptors (Lipinski definition) is 1. The summed E-state index contributed by atoms with van der Waals surface area (Å²) in [6.07, 6.45) is 2.59. The maximum absolute atomic E-state index is 5.03. The molecule has 1 N–H and O–H groups in total. The van der Waals surface area contributed by atoms with Gasteiger partial charge in [-0.3, -0.25) is 0 Å². The summed E-state index contributed by atoms with van der Waals surface area (Å²) in [7, 11) is 1.88. The van der Waals surface area contributed by atoms with Crippen LogP contribution in [0.5, 0.6) is 0 Å². The molecule has 0 aromatic carbocycles. The van der Waals surface area contributed by atoms with E-state index in [2.05, 4.69) is 10.2 Å². The first-order valence-corrected chi connectivity index (χ1v) is 3.72. The topological polar surface area (TPSA) is 15.3 Å². The molecule has 0 bridgehead atoms. The zero-order valence-corrected chi connectivity index (χ0v) is 6.50. The molecule has 0 unspecified atom stereocenters. The lowest BCUT2D eigenvalue weighted by Crippen LogP contribution is -2.35. The van der Waals surface area contributed by atoms with Crippen molar-refractivity contribution in [1.29, 1.82) is 0 Å². The molecule has 0 spiro atoms. The first-order valence-electron chi connectivity index (χ1n) is 3.31. The van der Waals surface area contributed by atoms with E-state index in [9.17, 15) is 0 Å². The van der Waals surface area contributed by atoms with Gasteiger partial charge in [0.2, 0.25) is 0 Å². The van der Waals surface area contributed by atoms with Crippen molar-refractivity contribution in [3.8, 4) is 0 Å². The molecular weight excluding hydrogens is 132 g/mol. The third kappa shape index (κ3) is 1.55. The van der Waals surface area contributed by atoms with Crippen molar-refractivity contribution in [3.05, 3.63) is 0 Å². The third-order valence-electron chi connectivity index (χ3n) is 1.61. The van der Waals surface area contributed by atoms with Crippen LogP contribution in [0.4, 0.5) is 0 Å². The van der Waals surface area contributed by atoms with E-state index in [4.69, 9.17) is 12.2 Å². The highest BCUT2D eigenvalue weighted by atomic mass is 32.1. The predicted octanol–water partition coefficient (Wildman–Crippen LogP) is 0.587. The standard InChI is InChI=1S/C6H12N2S/c1-7-6(9)8-4-2-3-5-8/h2-5H2,1H3,(H,7,9). The molecule has 1 aliphatic heterocycles. The Hall–Kier alpha value is -0.310. The van der Waals surface area contributed by atoms with E-state index in [-0.39, 0.29) is 0 Å². The van der Waals surface area contributed by atoms with E-state index in [0.29, 0.717) is 0 Å². The number of nitrogens with one attached hydrogen (secondary N) is 1. The summed E-state index contributed by atoms with van der Waals surface area (Å²) < 4.78 is 0. The van der Waals surface area contributed by atoms with Gasteiger partial charge in [-0.1, -0.05) is 0 Å². The fraction of sp³-hybridized carbons (Fsp3) is 0.833. The number of nitrogens with zero attached hydrogens (tertiary/aromatic N) is 1. The lowest BCUT2D eigenvalue weighted by atomic mass is 10.4. The molecule has 0 atom stereocenters. The summed E-state index contributed by atoms with van der Waals surface area (Å²) in [6, 6.07) is 0. The highest BCUT2D eigenvalue weighted by Crippen LogP contribution is 2.06. The van der Waals surface area contributed by atoms with Gasteiger partial charge in [0.15, 0.2) is 5.11 Å². The summed E-state index contributed by atoms with van der Waals surface area (Å²) in [4.78, 5) is 2.20. The van der Waals surface area contributed by atoms with Crippen LogP contribution in [0.25, 0.3) is 0 Å². The van der Waals surface area contributed by atoms with Gasteiger partial charge in [0.1, 0.15) is 0 Å².